The van der Waals surface area contributed by atoms with Crippen LogP contribution in [-0.4, -0.2) is 52.2 Å². The number of sulfonamides is 1. The highest BCUT2D eigenvalue weighted by Gasteiger charge is 2.35. The van der Waals surface area contributed by atoms with Gasteiger partial charge in [-0.2, -0.15) is 14.5 Å². The topological polar surface area (TPSA) is 121 Å². The smallest absolute Gasteiger partial charge is 0.359 e. The van der Waals surface area contributed by atoms with E-state index in [2.05, 4.69) is 20.4 Å². The summed E-state index contributed by atoms with van der Waals surface area (Å²) in [5, 5.41) is 13.4. The summed E-state index contributed by atoms with van der Waals surface area (Å²) in [5.41, 5.74) is 2.41. The van der Waals surface area contributed by atoms with Gasteiger partial charge < -0.3 is 4.74 Å². The van der Waals surface area contributed by atoms with E-state index in [0.717, 1.165) is 5.69 Å². The first-order valence-electron chi connectivity index (χ1n) is 7.61. The lowest BCUT2D eigenvalue weighted by molar-refractivity contribution is 0.0517. The first-order valence-corrected chi connectivity index (χ1v) is 9.05. The minimum Gasteiger partial charge on any atom is -0.461 e. The maximum atomic E-state index is 12.9. The number of aromatic nitrogens is 4. The predicted molar refractivity (Wildman–Crippen MR) is 83.9 cm³/mol. The van der Waals surface area contributed by atoms with Crippen LogP contribution in [0, 0.1) is 13.8 Å². The number of hydrogen-bond acceptors (Lipinski definition) is 6. The van der Waals surface area contributed by atoms with E-state index >= 15 is 0 Å². The lowest BCUT2D eigenvalue weighted by Gasteiger charge is -2.26. The molecule has 0 aliphatic carbocycles. The van der Waals surface area contributed by atoms with Crippen molar-refractivity contribution in [3.63, 3.8) is 0 Å². The van der Waals surface area contributed by atoms with Gasteiger partial charge in [-0.25, -0.2) is 13.2 Å². The summed E-state index contributed by atoms with van der Waals surface area (Å²) in [6.45, 7) is 5.64. The molecule has 130 valence electrons. The largest absolute Gasteiger partial charge is 0.461 e. The van der Waals surface area contributed by atoms with E-state index in [1.165, 1.54) is 4.31 Å². The standard InChI is InChI=1S/C14H19N5O4S/c1-4-23-14(20)12-10-7-19(6-5-11(10)17-18-12)24(21,22)13-8(2)15-16-9(13)3/h4-7H2,1-3H3,(H,15,16)(H,17,18). The average molecular weight is 353 g/mol. The second-order valence-corrected chi connectivity index (χ2v) is 7.48. The summed E-state index contributed by atoms with van der Waals surface area (Å²) in [5.74, 6) is -0.551. The highest BCUT2D eigenvalue weighted by molar-refractivity contribution is 7.89. The van der Waals surface area contributed by atoms with Gasteiger partial charge in [0.25, 0.3) is 0 Å². The third-order valence-corrected chi connectivity index (χ3v) is 6.13. The highest BCUT2D eigenvalue weighted by Crippen LogP contribution is 2.28. The molecule has 0 amide bonds. The van der Waals surface area contributed by atoms with E-state index in [0.29, 0.717) is 29.9 Å². The Bertz CT molecular complexity index is 864. The first kappa shape index (κ1) is 16.7. The van der Waals surface area contributed by atoms with Gasteiger partial charge >= 0.3 is 5.97 Å². The van der Waals surface area contributed by atoms with Crippen LogP contribution in [0.2, 0.25) is 0 Å². The number of rotatable bonds is 4. The summed E-state index contributed by atoms with van der Waals surface area (Å²) in [7, 11) is -3.71. The van der Waals surface area contributed by atoms with Crippen LogP contribution in [0.15, 0.2) is 4.90 Å². The van der Waals surface area contributed by atoms with Gasteiger partial charge in [0, 0.05) is 30.8 Å². The molecule has 0 aromatic carbocycles. The Kier molecular flexibility index (Phi) is 4.18. The number of hydrogen-bond donors (Lipinski definition) is 2. The number of aromatic amines is 2. The summed E-state index contributed by atoms with van der Waals surface area (Å²) in [6, 6.07) is 0. The Hall–Kier alpha value is -2.20. The Labute approximate surface area is 139 Å². The molecule has 0 radical (unpaired) electrons. The average Bonchev–Trinajstić information content (AvgIpc) is 3.10. The maximum Gasteiger partial charge on any atom is 0.359 e. The van der Waals surface area contributed by atoms with Crippen LogP contribution in [0.1, 0.15) is 40.1 Å². The third-order valence-electron chi connectivity index (χ3n) is 4.03. The van der Waals surface area contributed by atoms with Gasteiger partial charge in [0.15, 0.2) is 5.69 Å². The number of ether oxygens (including phenoxy) is 1. The number of H-pyrrole nitrogens is 2. The SMILES string of the molecule is CCOC(=O)c1n[nH]c2c1CN(S(=O)(=O)c1c(C)n[nH]c1C)CC2. The molecule has 0 saturated heterocycles. The molecule has 3 heterocycles. The Morgan fingerprint density at radius 2 is 2.04 bits per heavy atom. The molecule has 24 heavy (non-hydrogen) atoms. The molecule has 2 aromatic heterocycles. The summed E-state index contributed by atoms with van der Waals surface area (Å²) in [6.07, 6.45) is 0.455. The van der Waals surface area contributed by atoms with Gasteiger partial charge in [-0.15, -0.1) is 0 Å². The van der Waals surface area contributed by atoms with Crippen molar-refractivity contribution < 1.29 is 17.9 Å². The van der Waals surface area contributed by atoms with Crippen molar-refractivity contribution in [3.8, 4) is 0 Å². The quantitative estimate of drug-likeness (QED) is 0.780. The molecule has 2 N–H and O–H groups in total. The van der Waals surface area contributed by atoms with E-state index in [-0.39, 0.29) is 23.7 Å². The zero-order valence-corrected chi connectivity index (χ0v) is 14.5. The lowest BCUT2D eigenvalue weighted by Crippen LogP contribution is -2.36. The molecule has 0 unspecified atom stereocenters. The van der Waals surface area contributed by atoms with Crippen molar-refractivity contribution in [1.82, 2.24) is 24.7 Å². The number of nitrogens with zero attached hydrogens (tertiary/aromatic N) is 3. The third kappa shape index (κ3) is 2.61. The molecule has 0 spiro atoms. The van der Waals surface area contributed by atoms with Crippen molar-refractivity contribution in [2.24, 2.45) is 0 Å². The Morgan fingerprint density at radius 1 is 1.29 bits per heavy atom. The fourth-order valence-corrected chi connectivity index (χ4v) is 4.63. The molecule has 0 atom stereocenters. The summed E-state index contributed by atoms with van der Waals surface area (Å²) < 4.78 is 32.2. The lowest BCUT2D eigenvalue weighted by atomic mass is 10.1. The summed E-state index contributed by atoms with van der Waals surface area (Å²) in [4.78, 5) is 12.2. The number of fused-ring (bicyclic) bond motifs is 1. The van der Waals surface area contributed by atoms with E-state index in [4.69, 9.17) is 4.74 Å². The minimum atomic E-state index is -3.71. The second-order valence-electron chi connectivity index (χ2n) is 5.60. The molecular weight excluding hydrogens is 334 g/mol. The molecular formula is C14H19N5O4S. The van der Waals surface area contributed by atoms with Gasteiger partial charge in [-0.05, 0) is 20.8 Å². The van der Waals surface area contributed by atoms with Crippen LogP contribution in [0.25, 0.3) is 0 Å². The van der Waals surface area contributed by atoms with E-state index in [1.807, 2.05) is 0 Å². The van der Waals surface area contributed by atoms with Gasteiger partial charge in [0.2, 0.25) is 10.0 Å². The number of carbonyl (C=O) groups is 1. The fraction of sp³-hybridized carbons (Fsp3) is 0.500. The van der Waals surface area contributed by atoms with Crippen LogP contribution < -0.4 is 0 Å². The molecule has 1 aliphatic rings. The number of aryl methyl sites for hydroxylation is 2. The minimum absolute atomic E-state index is 0.0758. The van der Waals surface area contributed by atoms with E-state index in [9.17, 15) is 13.2 Å². The normalized spacial score (nSPS) is 15.3. The number of carbonyl (C=O) groups excluding carboxylic acids is 1. The first-order chi connectivity index (χ1) is 11.4. The number of nitrogens with one attached hydrogen (secondary N) is 2. The van der Waals surface area contributed by atoms with Gasteiger partial charge in [0.05, 0.1) is 18.0 Å². The van der Waals surface area contributed by atoms with Crippen LogP contribution in [-0.2, 0) is 27.7 Å². The van der Waals surface area contributed by atoms with E-state index < -0.39 is 16.0 Å². The van der Waals surface area contributed by atoms with Crippen molar-refractivity contribution in [2.75, 3.05) is 13.2 Å². The second kappa shape index (κ2) is 6.02. The van der Waals surface area contributed by atoms with Gasteiger partial charge in [0.1, 0.15) is 4.90 Å². The molecule has 1 aliphatic heterocycles. The molecule has 10 heteroatoms. The van der Waals surface area contributed by atoms with Crippen molar-refractivity contribution >= 4 is 16.0 Å². The molecule has 0 saturated carbocycles. The zero-order valence-electron chi connectivity index (χ0n) is 13.7. The van der Waals surface area contributed by atoms with Crippen LogP contribution in [0.5, 0.6) is 0 Å². The molecule has 3 rings (SSSR count). The van der Waals surface area contributed by atoms with Crippen molar-refractivity contribution in [3.05, 3.63) is 28.3 Å². The maximum absolute atomic E-state index is 12.9. The number of esters is 1. The Balaban J connectivity index is 1.95. The molecule has 2 aromatic rings. The highest BCUT2D eigenvalue weighted by atomic mass is 32.2. The van der Waals surface area contributed by atoms with Crippen molar-refractivity contribution in [1.29, 1.82) is 0 Å². The van der Waals surface area contributed by atoms with Crippen LogP contribution in [0.3, 0.4) is 0 Å². The predicted octanol–water partition coefficient (Wildman–Crippen LogP) is 0.673. The molecule has 0 bridgehead atoms. The fourth-order valence-electron chi connectivity index (χ4n) is 2.89. The monoisotopic (exact) mass is 353 g/mol. The summed E-state index contributed by atoms with van der Waals surface area (Å²) >= 11 is 0. The van der Waals surface area contributed by atoms with Crippen LogP contribution in [0.4, 0.5) is 0 Å². The molecule has 0 fully saturated rings. The van der Waals surface area contributed by atoms with Gasteiger partial charge in [-0.1, -0.05) is 0 Å². The molecule has 9 nitrogen and oxygen atoms in total. The zero-order chi connectivity index (χ0) is 17.5. The van der Waals surface area contributed by atoms with Gasteiger partial charge in [-0.3, -0.25) is 10.2 Å². The van der Waals surface area contributed by atoms with Crippen molar-refractivity contribution in [2.45, 2.75) is 38.6 Å². The van der Waals surface area contributed by atoms with E-state index in [1.54, 1.807) is 20.8 Å². The Morgan fingerprint density at radius 3 is 2.67 bits per heavy atom. The van der Waals surface area contributed by atoms with Crippen LogP contribution >= 0.6 is 0 Å².